The number of rotatable bonds is 1. The Hall–Kier alpha value is -1.73. The number of phenols is 1. The van der Waals surface area contributed by atoms with Gasteiger partial charge < -0.3 is 14.9 Å². The number of aromatic hydroxyl groups is 1. The zero-order chi connectivity index (χ0) is 11.5. The van der Waals surface area contributed by atoms with Crippen LogP contribution in [-0.4, -0.2) is 43.2 Å². The van der Waals surface area contributed by atoms with Crippen molar-refractivity contribution in [3.8, 4) is 11.8 Å². The van der Waals surface area contributed by atoms with Crippen LogP contribution in [0.4, 0.5) is 5.69 Å². The van der Waals surface area contributed by atoms with Gasteiger partial charge in [0.05, 0.1) is 17.3 Å². The van der Waals surface area contributed by atoms with Gasteiger partial charge in [-0.15, -0.1) is 0 Å². The minimum Gasteiger partial charge on any atom is -0.506 e. The molecule has 1 saturated heterocycles. The van der Waals surface area contributed by atoms with E-state index in [1.165, 1.54) is 6.07 Å². The summed E-state index contributed by atoms with van der Waals surface area (Å²) in [6, 6.07) is 7.10. The molecule has 1 aromatic carbocycles. The number of nitriles is 1. The van der Waals surface area contributed by atoms with E-state index in [4.69, 9.17) is 5.26 Å². The van der Waals surface area contributed by atoms with E-state index in [2.05, 4.69) is 16.8 Å². The standard InChI is InChI=1S/C12H15N3O/c1-14-4-6-15(7-5-14)11-3-2-10(9-13)8-12(11)16/h2-3,8,16H,4-7H2,1H3. The molecule has 2 rings (SSSR count). The number of hydrogen-bond acceptors (Lipinski definition) is 4. The van der Waals surface area contributed by atoms with Crippen LogP contribution >= 0.6 is 0 Å². The molecular weight excluding hydrogens is 202 g/mol. The zero-order valence-electron chi connectivity index (χ0n) is 9.35. The van der Waals surface area contributed by atoms with Gasteiger partial charge in [-0.25, -0.2) is 0 Å². The highest BCUT2D eigenvalue weighted by Gasteiger charge is 2.16. The summed E-state index contributed by atoms with van der Waals surface area (Å²) >= 11 is 0. The number of anilines is 1. The zero-order valence-corrected chi connectivity index (χ0v) is 9.35. The first-order valence-corrected chi connectivity index (χ1v) is 5.37. The fourth-order valence-corrected chi connectivity index (χ4v) is 1.91. The maximum absolute atomic E-state index is 9.83. The van der Waals surface area contributed by atoms with Crippen molar-refractivity contribution >= 4 is 5.69 Å². The summed E-state index contributed by atoms with van der Waals surface area (Å²) in [5.74, 6) is 0.198. The van der Waals surface area contributed by atoms with E-state index in [9.17, 15) is 5.11 Å². The molecule has 1 heterocycles. The molecule has 1 fully saturated rings. The molecule has 1 aliphatic rings. The monoisotopic (exact) mass is 217 g/mol. The van der Waals surface area contributed by atoms with Crippen LogP contribution in [-0.2, 0) is 0 Å². The molecule has 16 heavy (non-hydrogen) atoms. The SMILES string of the molecule is CN1CCN(c2ccc(C#N)cc2O)CC1. The Balaban J connectivity index is 2.18. The van der Waals surface area contributed by atoms with Crippen molar-refractivity contribution in [2.45, 2.75) is 0 Å². The van der Waals surface area contributed by atoms with Gasteiger partial charge in [0.2, 0.25) is 0 Å². The van der Waals surface area contributed by atoms with E-state index in [1.807, 2.05) is 12.1 Å². The predicted molar refractivity (Wildman–Crippen MR) is 62.5 cm³/mol. The van der Waals surface area contributed by atoms with Crippen molar-refractivity contribution in [2.24, 2.45) is 0 Å². The number of nitrogens with zero attached hydrogens (tertiary/aromatic N) is 3. The van der Waals surface area contributed by atoms with Crippen LogP contribution in [0.5, 0.6) is 5.75 Å². The summed E-state index contributed by atoms with van der Waals surface area (Å²) in [7, 11) is 2.09. The lowest BCUT2D eigenvalue weighted by atomic mass is 10.1. The topological polar surface area (TPSA) is 50.5 Å². The molecule has 0 aliphatic carbocycles. The van der Waals surface area contributed by atoms with E-state index >= 15 is 0 Å². The molecule has 1 aromatic rings. The Labute approximate surface area is 95.3 Å². The minimum absolute atomic E-state index is 0.198. The van der Waals surface area contributed by atoms with Gasteiger partial charge in [0.25, 0.3) is 0 Å². The lowest BCUT2D eigenvalue weighted by Crippen LogP contribution is -2.44. The molecule has 0 radical (unpaired) electrons. The second-order valence-electron chi connectivity index (χ2n) is 4.11. The van der Waals surface area contributed by atoms with Crippen LogP contribution < -0.4 is 4.90 Å². The van der Waals surface area contributed by atoms with Crippen LogP contribution in [0.2, 0.25) is 0 Å². The van der Waals surface area contributed by atoms with Crippen LogP contribution in [0.15, 0.2) is 18.2 Å². The summed E-state index contributed by atoms with van der Waals surface area (Å²) in [6.07, 6.45) is 0. The predicted octanol–water partition coefficient (Wildman–Crippen LogP) is 1.02. The van der Waals surface area contributed by atoms with Gasteiger partial charge >= 0.3 is 0 Å². The molecule has 4 heteroatoms. The third kappa shape index (κ3) is 2.10. The fourth-order valence-electron chi connectivity index (χ4n) is 1.91. The fraction of sp³-hybridized carbons (Fsp3) is 0.417. The first-order valence-electron chi connectivity index (χ1n) is 5.37. The molecular formula is C12H15N3O. The maximum atomic E-state index is 9.83. The van der Waals surface area contributed by atoms with Crippen molar-refractivity contribution in [2.75, 3.05) is 38.1 Å². The highest BCUT2D eigenvalue weighted by atomic mass is 16.3. The average Bonchev–Trinajstić information content (AvgIpc) is 2.30. The highest BCUT2D eigenvalue weighted by molar-refractivity contribution is 5.60. The van der Waals surface area contributed by atoms with Gasteiger partial charge in [-0.3, -0.25) is 0 Å². The van der Waals surface area contributed by atoms with E-state index < -0.39 is 0 Å². The number of benzene rings is 1. The molecule has 0 aromatic heterocycles. The van der Waals surface area contributed by atoms with Crippen molar-refractivity contribution < 1.29 is 5.11 Å². The van der Waals surface area contributed by atoms with Crippen LogP contribution in [0, 0.1) is 11.3 Å². The molecule has 0 spiro atoms. The Kier molecular flexibility index (Phi) is 2.97. The first kappa shape index (κ1) is 10.8. The Bertz CT molecular complexity index is 417. The number of piperazine rings is 1. The van der Waals surface area contributed by atoms with Gasteiger partial charge in [-0.1, -0.05) is 0 Å². The van der Waals surface area contributed by atoms with E-state index in [-0.39, 0.29) is 5.75 Å². The molecule has 0 bridgehead atoms. The molecule has 1 N–H and O–H groups in total. The number of hydrogen-bond donors (Lipinski definition) is 1. The summed E-state index contributed by atoms with van der Waals surface area (Å²) in [5.41, 5.74) is 1.32. The molecule has 84 valence electrons. The van der Waals surface area contributed by atoms with Gasteiger partial charge in [-0.2, -0.15) is 5.26 Å². The lowest BCUT2D eigenvalue weighted by molar-refractivity contribution is 0.311. The van der Waals surface area contributed by atoms with Crippen molar-refractivity contribution in [1.29, 1.82) is 5.26 Å². The molecule has 0 unspecified atom stereocenters. The first-order chi connectivity index (χ1) is 7.70. The smallest absolute Gasteiger partial charge is 0.140 e. The average molecular weight is 217 g/mol. The maximum Gasteiger partial charge on any atom is 0.140 e. The minimum atomic E-state index is 0.198. The third-order valence-electron chi connectivity index (χ3n) is 2.95. The van der Waals surface area contributed by atoms with Gasteiger partial charge in [0.15, 0.2) is 0 Å². The number of likely N-dealkylation sites (N-methyl/N-ethyl adjacent to an activating group) is 1. The third-order valence-corrected chi connectivity index (χ3v) is 2.95. The van der Waals surface area contributed by atoms with E-state index in [0.29, 0.717) is 5.56 Å². The van der Waals surface area contributed by atoms with Crippen LogP contribution in [0.25, 0.3) is 0 Å². The van der Waals surface area contributed by atoms with Crippen molar-refractivity contribution in [1.82, 2.24) is 4.90 Å². The van der Waals surface area contributed by atoms with Crippen molar-refractivity contribution in [3.05, 3.63) is 23.8 Å². The Morgan fingerprint density at radius 3 is 2.50 bits per heavy atom. The second-order valence-corrected chi connectivity index (χ2v) is 4.11. The van der Waals surface area contributed by atoms with Crippen LogP contribution in [0.3, 0.4) is 0 Å². The normalized spacial score (nSPS) is 17.1. The summed E-state index contributed by atoms with van der Waals surface area (Å²) in [6.45, 7) is 3.82. The lowest BCUT2D eigenvalue weighted by Gasteiger charge is -2.34. The molecule has 4 nitrogen and oxygen atoms in total. The van der Waals surface area contributed by atoms with Gasteiger partial charge in [-0.05, 0) is 25.2 Å². The summed E-state index contributed by atoms with van der Waals surface area (Å²) < 4.78 is 0. The van der Waals surface area contributed by atoms with E-state index in [1.54, 1.807) is 6.07 Å². The summed E-state index contributed by atoms with van der Waals surface area (Å²) in [4.78, 5) is 4.41. The molecule has 0 atom stereocenters. The van der Waals surface area contributed by atoms with Crippen molar-refractivity contribution in [3.63, 3.8) is 0 Å². The van der Waals surface area contributed by atoms with Crippen LogP contribution in [0.1, 0.15) is 5.56 Å². The molecule has 0 amide bonds. The highest BCUT2D eigenvalue weighted by Crippen LogP contribution is 2.28. The largest absolute Gasteiger partial charge is 0.506 e. The number of phenolic OH excluding ortho intramolecular Hbond substituents is 1. The second kappa shape index (κ2) is 4.42. The molecule has 1 aliphatic heterocycles. The summed E-state index contributed by atoms with van der Waals surface area (Å²) in [5, 5.41) is 18.6. The Morgan fingerprint density at radius 1 is 1.25 bits per heavy atom. The van der Waals surface area contributed by atoms with Gasteiger partial charge in [0, 0.05) is 26.2 Å². The Morgan fingerprint density at radius 2 is 1.94 bits per heavy atom. The quantitative estimate of drug-likeness (QED) is 0.763. The molecule has 0 saturated carbocycles. The van der Waals surface area contributed by atoms with Gasteiger partial charge in [0.1, 0.15) is 5.75 Å². The van der Waals surface area contributed by atoms with E-state index in [0.717, 1.165) is 31.9 Å².